The monoisotopic (exact) mass is 811 g/mol. The van der Waals surface area contributed by atoms with Gasteiger partial charge in [0.05, 0.1) is 5.41 Å². The van der Waals surface area contributed by atoms with Crippen molar-refractivity contribution in [1.82, 2.24) is 0 Å². The lowest BCUT2D eigenvalue weighted by molar-refractivity contribution is 0.447. The molecule has 62 heavy (non-hydrogen) atoms. The van der Waals surface area contributed by atoms with Gasteiger partial charge in [0, 0.05) is 43.9 Å². The van der Waals surface area contributed by atoms with Crippen LogP contribution in [0.3, 0.4) is 0 Å². The fraction of sp³-hybridized carbons (Fsp3) is 0.0508. The van der Waals surface area contributed by atoms with Crippen LogP contribution < -0.4 is 9.64 Å². The molecule has 0 radical (unpaired) electrons. The van der Waals surface area contributed by atoms with Crippen molar-refractivity contribution >= 4 is 51.2 Å². The highest BCUT2D eigenvalue weighted by atomic mass is 32.1. The number of aryl methyl sites for hydroxylation is 1. The van der Waals surface area contributed by atoms with Gasteiger partial charge in [-0.25, -0.2) is 0 Å². The quantitative estimate of drug-likeness (QED) is 0.168. The van der Waals surface area contributed by atoms with Gasteiger partial charge in [0.1, 0.15) is 11.5 Å². The Morgan fingerprint density at radius 2 is 0.984 bits per heavy atom. The van der Waals surface area contributed by atoms with E-state index in [1.807, 2.05) is 0 Å². The summed E-state index contributed by atoms with van der Waals surface area (Å²) in [6.45, 7) is 2.21. The number of ether oxygens (including phenoxy) is 1. The van der Waals surface area contributed by atoms with E-state index in [1.54, 1.807) is 0 Å². The zero-order valence-electron chi connectivity index (χ0n) is 34.2. The van der Waals surface area contributed by atoms with Crippen molar-refractivity contribution in [2.24, 2.45) is 0 Å². The third-order valence-electron chi connectivity index (χ3n) is 13.2. The van der Waals surface area contributed by atoms with Gasteiger partial charge in [0.2, 0.25) is 0 Å². The minimum Gasteiger partial charge on any atom is -0.455 e. The van der Waals surface area contributed by atoms with Crippen molar-refractivity contribution in [3.63, 3.8) is 0 Å². The number of para-hydroxylation sites is 1. The Labute approximate surface area is 367 Å². The van der Waals surface area contributed by atoms with Crippen molar-refractivity contribution in [1.29, 1.82) is 0 Å². The predicted molar refractivity (Wildman–Crippen MR) is 261 cm³/mol. The van der Waals surface area contributed by atoms with Crippen LogP contribution in [0.5, 0.6) is 11.5 Å². The molecule has 0 atom stereocenters. The fourth-order valence-electron chi connectivity index (χ4n) is 10.4. The number of hydrogen-bond acceptors (Lipinski definition) is 3. The second kappa shape index (κ2) is 14.4. The maximum absolute atomic E-state index is 7.19. The Hall–Kier alpha value is -7.33. The van der Waals surface area contributed by atoms with Crippen molar-refractivity contribution < 1.29 is 4.74 Å². The molecule has 12 rings (SSSR count). The Bertz CT molecular complexity index is 3300. The number of benzene rings is 10. The molecule has 1 heterocycles. The predicted octanol–water partition coefficient (Wildman–Crippen LogP) is 16.1. The van der Waals surface area contributed by atoms with E-state index in [2.05, 4.69) is 224 Å². The molecule has 2 aliphatic rings. The lowest BCUT2D eigenvalue weighted by Crippen LogP contribution is -2.32. The summed E-state index contributed by atoms with van der Waals surface area (Å²) in [5, 5.41) is 4.57. The zero-order valence-corrected chi connectivity index (χ0v) is 35.1. The van der Waals surface area contributed by atoms with E-state index in [1.165, 1.54) is 60.8 Å². The lowest BCUT2D eigenvalue weighted by Gasteiger charge is -2.40. The molecular formula is C59H41NOS. The highest BCUT2D eigenvalue weighted by molar-refractivity contribution is 7.80. The van der Waals surface area contributed by atoms with Crippen LogP contribution in [0.1, 0.15) is 34.7 Å². The first-order chi connectivity index (χ1) is 30.6. The number of fused-ring (bicyclic) bond motifs is 13. The van der Waals surface area contributed by atoms with Crippen molar-refractivity contribution in [2.45, 2.75) is 23.7 Å². The maximum Gasteiger partial charge on any atom is 0.140 e. The molecule has 0 bridgehead atoms. The van der Waals surface area contributed by atoms with E-state index >= 15 is 0 Å². The minimum absolute atomic E-state index is 0.601. The molecule has 10 aromatic rings. The number of nitrogens with zero attached hydrogens (tertiary/aromatic N) is 1. The SMILES string of the molecule is CCc1ccccc1-c1cc(N(c2ccccc2)c2ccc(-c3ccc4c(c3)C3(c5ccccc5-4)c4ccc5ccccc5c4Oc4c3ccc3ccccc43)cc2)ccc1S. The molecule has 0 saturated heterocycles. The van der Waals surface area contributed by atoms with Gasteiger partial charge in [-0.05, 0) is 116 Å². The van der Waals surface area contributed by atoms with Crippen LogP contribution in [-0.2, 0) is 11.8 Å². The molecule has 0 saturated carbocycles. The van der Waals surface area contributed by atoms with Gasteiger partial charge in [0.25, 0.3) is 0 Å². The van der Waals surface area contributed by atoms with Crippen LogP contribution in [-0.4, -0.2) is 0 Å². The summed E-state index contributed by atoms with van der Waals surface area (Å²) in [5.41, 5.74) is 16.1. The summed E-state index contributed by atoms with van der Waals surface area (Å²) in [6.07, 6.45) is 0.952. The molecule has 0 fully saturated rings. The highest BCUT2D eigenvalue weighted by Crippen LogP contribution is 2.64. The topological polar surface area (TPSA) is 12.5 Å². The van der Waals surface area contributed by atoms with E-state index in [0.717, 1.165) is 61.8 Å². The average molecular weight is 812 g/mol. The fourth-order valence-corrected chi connectivity index (χ4v) is 10.6. The molecule has 2 nitrogen and oxygen atoms in total. The number of rotatable bonds is 6. The second-order valence-electron chi connectivity index (χ2n) is 16.4. The maximum atomic E-state index is 7.19. The highest BCUT2D eigenvalue weighted by Gasteiger charge is 2.52. The van der Waals surface area contributed by atoms with Gasteiger partial charge in [0.15, 0.2) is 0 Å². The molecule has 1 aliphatic carbocycles. The first-order valence-corrected chi connectivity index (χ1v) is 21.9. The van der Waals surface area contributed by atoms with Crippen LogP contribution in [0.4, 0.5) is 17.1 Å². The van der Waals surface area contributed by atoms with Crippen molar-refractivity contribution in [3.8, 4) is 44.9 Å². The smallest absolute Gasteiger partial charge is 0.140 e. The van der Waals surface area contributed by atoms with E-state index in [9.17, 15) is 0 Å². The first kappa shape index (κ1) is 36.5. The van der Waals surface area contributed by atoms with E-state index in [0.29, 0.717) is 0 Å². The molecule has 0 unspecified atom stereocenters. The van der Waals surface area contributed by atoms with E-state index in [4.69, 9.17) is 17.4 Å². The van der Waals surface area contributed by atoms with Crippen LogP contribution in [0.25, 0.3) is 54.9 Å². The van der Waals surface area contributed by atoms with Gasteiger partial charge in [-0.2, -0.15) is 0 Å². The lowest BCUT2D eigenvalue weighted by atomic mass is 9.65. The molecule has 1 spiro atoms. The molecule has 0 aromatic heterocycles. The summed E-state index contributed by atoms with van der Waals surface area (Å²) >= 11 is 4.96. The number of hydrogen-bond donors (Lipinski definition) is 1. The summed E-state index contributed by atoms with van der Waals surface area (Å²) < 4.78 is 7.19. The van der Waals surface area contributed by atoms with Crippen LogP contribution in [0.15, 0.2) is 217 Å². The summed E-state index contributed by atoms with van der Waals surface area (Å²) in [4.78, 5) is 3.30. The summed E-state index contributed by atoms with van der Waals surface area (Å²) in [7, 11) is 0. The molecule has 0 amide bonds. The first-order valence-electron chi connectivity index (χ1n) is 21.5. The van der Waals surface area contributed by atoms with Crippen LogP contribution in [0.2, 0.25) is 0 Å². The molecule has 1 aliphatic heterocycles. The van der Waals surface area contributed by atoms with Gasteiger partial charge < -0.3 is 9.64 Å². The molecule has 10 aromatic carbocycles. The second-order valence-corrected chi connectivity index (χ2v) is 16.9. The average Bonchev–Trinajstić information content (AvgIpc) is 3.62. The Balaban J connectivity index is 1.03. The summed E-state index contributed by atoms with van der Waals surface area (Å²) in [5.74, 6) is 1.86. The van der Waals surface area contributed by atoms with Gasteiger partial charge in [-0.1, -0.05) is 171 Å². The van der Waals surface area contributed by atoms with Crippen molar-refractivity contribution in [2.75, 3.05) is 4.90 Å². The third-order valence-corrected chi connectivity index (χ3v) is 13.6. The summed E-state index contributed by atoms with van der Waals surface area (Å²) in [6, 6.07) is 77.4. The normalized spacial score (nSPS) is 13.0. The van der Waals surface area contributed by atoms with Gasteiger partial charge >= 0.3 is 0 Å². The molecule has 0 N–H and O–H groups in total. The third kappa shape index (κ3) is 5.45. The Morgan fingerprint density at radius 1 is 0.419 bits per heavy atom. The van der Waals surface area contributed by atoms with E-state index in [-0.39, 0.29) is 0 Å². The van der Waals surface area contributed by atoms with Crippen molar-refractivity contribution in [3.05, 3.63) is 240 Å². The Kier molecular flexibility index (Phi) is 8.48. The van der Waals surface area contributed by atoms with E-state index < -0.39 is 5.41 Å². The van der Waals surface area contributed by atoms with Crippen LogP contribution >= 0.6 is 12.6 Å². The standard InChI is InChI=1S/C59H41NOS/c1-2-38-14-6-9-19-46(38)51-37-45(31-35-56(51)62)60(43-17-4-3-5-18-43)44-29-24-39(25-30-44)42-26-32-50-49-22-12-13-23-52(49)59(55(50)36-42)53-33-27-40-15-7-10-20-47(40)57(53)61-58-48-21-11-8-16-41(48)28-34-54(58)59/h3-37,62H,2H2,1H3. The number of thiol groups is 1. The molecule has 3 heteroatoms. The van der Waals surface area contributed by atoms with Gasteiger partial charge in [-0.15, -0.1) is 12.6 Å². The number of anilines is 3. The largest absolute Gasteiger partial charge is 0.455 e. The zero-order chi connectivity index (χ0) is 41.4. The van der Waals surface area contributed by atoms with Gasteiger partial charge in [-0.3, -0.25) is 0 Å². The molecular weight excluding hydrogens is 771 g/mol. The minimum atomic E-state index is -0.601. The molecule has 294 valence electrons. The Morgan fingerprint density at radius 3 is 1.69 bits per heavy atom. The van der Waals surface area contributed by atoms with Crippen LogP contribution in [0, 0.1) is 0 Å².